The highest BCUT2D eigenvalue weighted by molar-refractivity contribution is 4.99. The van der Waals surface area contributed by atoms with Crippen molar-refractivity contribution in [3.63, 3.8) is 0 Å². The fourth-order valence-electron chi connectivity index (χ4n) is 2.52. The SMILES string of the molecule is CCCCCC=CCC=CCC=CCC=CCCCCCOC(CO)CO. The predicted octanol–water partition coefficient (Wildman–Crippen LogP) is 5.89. The van der Waals surface area contributed by atoms with Gasteiger partial charge in [0.05, 0.1) is 13.2 Å². The molecule has 156 valence electrons. The summed E-state index contributed by atoms with van der Waals surface area (Å²) >= 11 is 0. The fourth-order valence-corrected chi connectivity index (χ4v) is 2.52. The first-order valence-electron chi connectivity index (χ1n) is 10.8. The van der Waals surface area contributed by atoms with Crippen molar-refractivity contribution in [1.29, 1.82) is 0 Å². The Balaban J connectivity index is 3.39. The van der Waals surface area contributed by atoms with Crippen LogP contribution in [0.4, 0.5) is 0 Å². The number of unbranched alkanes of at least 4 members (excludes halogenated alkanes) is 6. The van der Waals surface area contributed by atoms with E-state index >= 15 is 0 Å². The van der Waals surface area contributed by atoms with Gasteiger partial charge in [-0.25, -0.2) is 0 Å². The Labute approximate surface area is 167 Å². The molecule has 0 amide bonds. The third kappa shape index (κ3) is 21.0. The van der Waals surface area contributed by atoms with Gasteiger partial charge in [0, 0.05) is 6.61 Å². The second-order valence-corrected chi connectivity index (χ2v) is 6.80. The standard InChI is InChI=1S/C24H42O3/c1-2-3-4-5-6-7-8-9-10-11-12-13-14-15-16-17-18-19-20-21-27-24(22-25)23-26/h6-7,9-10,12-13,15-16,24-26H,2-5,8,11,14,17-23H2,1H3. The van der Waals surface area contributed by atoms with Crippen molar-refractivity contribution in [3.8, 4) is 0 Å². The lowest BCUT2D eigenvalue weighted by molar-refractivity contribution is -0.0208. The first-order chi connectivity index (χ1) is 13.3. The maximum atomic E-state index is 8.88. The van der Waals surface area contributed by atoms with E-state index in [0.717, 1.165) is 44.9 Å². The lowest BCUT2D eigenvalue weighted by Crippen LogP contribution is -2.22. The normalized spacial score (nSPS) is 12.7. The molecule has 0 bridgehead atoms. The molecule has 0 saturated carbocycles. The third-order valence-corrected chi connectivity index (χ3v) is 4.23. The Morgan fingerprint density at radius 2 is 1.11 bits per heavy atom. The van der Waals surface area contributed by atoms with E-state index in [1.54, 1.807) is 0 Å². The summed E-state index contributed by atoms with van der Waals surface area (Å²) in [4.78, 5) is 0. The van der Waals surface area contributed by atoms with Gasteiger partial charge in [-0.1, -0.05) is 74.8 Å². The average Bonchev–Trinajstić information content (AvgIpc) is 2.69. The van der Waals surface area contributed by atoms with Crippen LogP contribution >= 0.6 is 0 Å². The van der Waals surface area contributed by atoms with Crippen molar-refractivity contribution in [1.82, 2.24) is 0 Å². The van der Waals surface area contributed by atoms with Crippen molar-refractivity contribution in [2.24, 2.45) is 0 Å². The molecule has 3 heteroatoms. The average molecular weight is 379 g/mol. The Morgan fingerprint density at radius 1 is 0.630 bits per heavy atom. The lowest BCUT2D eigenvalue weighted by Gasteiger charge is -2.11. The van der Waals surface area contributed by atoms with Gasteiger partial charge in [-0.15, -0.1) is 0 Å². The Morgan fingerprint density at radius 3 is 1.59 bits per heavy atom. The van der Waals surface area contributed by atoms with E-state index in [0.29, 0.717) is 6.61 Å². The maximum absolute atomic E-state index is 8.88. The van der Waals surface area contributed by atoms with Gasteiger partial charge in [0.15, 0.2) is 0 Å². The molecule has 27 heavy (non-hydrogen) atoms. The van der Waals surface area contributed by atoms with Gasteiger partial charge < -0.3 is 14.9 Å². The van der Waals surface area contributed by atoms with Crippen molar-refractivity contribution >= 4 is 0 Å². The smallest absolute Gasteiger partial charge is 0.104 e. The lowest BCUT2D eigenvalue weighted by atomic mass is 10.2. The number of allylic oxidation sites excluding steroid dienone is 8. The molecule has 0 fully saturated rings. The third-order valence-electron chi connectivity index (χ3n) is 4.23. The van der Waals surface area contributed by atoms with Gasteiger partial charge in [-0.3, -0.25) is 0 Å². The number of hydrogen-bond acceptors (Lipinski definition) is 3. The highest BCUT2D eigenvalue weighted by Crippen LogP contribution is 2.04. The summed E-state index contributed by atoms with van der Waals surface area (Å²) in [5.41, 5.74) is 0. The molecular weight excluding hydrogens is 336 g/mol. The molecular formula is C24H42O3. The molecule has 0 aromatic heterocycles. The first kappa shape index (κ1) is 25.8. The van der Waals surface area contributed by atoms with Gasteiger partial charge in [0.25, 0.3) is 0 Å². The minimum Gasteiger partial charge on any atom is -0.394 e. The molecule has 0 atom stereocenters. The zero-order valence-electron chi connectivity index (χ0n) is 17.4. The summed E-state index contributed by atoms with van der Waals surface area (Å²) in [5, 5.41) is 17.8. The molecule has 0 spiro atoms. The molecule has 0 rings (SSSR count). The van der Waals surface area contributed by atoms with Gasteiger partial charge in [-0.05, 0) is 51.4 Å². The van der Waals surface area contributed by atoms with E-state index in [1.165, 1.54) is 25.7 Å². The Bertz CT molecular complexity index is 392. The van der Waals surface area contributed by atoms with Crippen molar-refractivity contribution in [3.05, 3.63) is 48.6 Å². The molecule has 0 aromatic carbocycles. The van der Waals surface area contributed by atoms with E-state index in [4.69, 9.17) is 14.9 Å². The molecule has 0 heterocycles. The first-order valence-corrected chi connectivity index (χ1v) is 10.8. The van der Waals surface area contributed by atoms with Crippen LogP contribution in [0.5, 0.6) is 0 Å². The maximum Gasteiger partial charge on any atom is 0.104 e. The van der Waals surface area contributed by atoms with Crippen LogP contribution < -0.4 is 0 Å². The molecule has 0 radical (unpaired) electrons. The van der Waals surface area contributed by atoms with Crippen LogP contribution in [0.25, 0.3) is 0 Å². The molecule has 0 aliphatic carbocycles. The van der Waals surface area contributed by atoms with E-state index in [-0.39, 0.29) is 13.2 Å². The summed E-state index contributed by atoms with van der Waals surface area (Å²) in [6, 6.07) is 0. The van der Waals surface area contributed by atoms with Gasteiger partial charge in [0.2, 0.25) is 0 Å². The Kier molecular flexibility index (Phi) is 21.9. The largest absolute Gasteiger partial charge is 0.394 e. The fraction of sp³-hybridized carbons (Fsp3) is 0.667. The monoisotopic (exact) mass is 378 g/mol. The molecule has 0 aromatic rings. The van der Waals surface area contributed by atoms with Crippen LogP contribution in [0.2, 0.25) is 0 Å². The van der Waals surface area contributed by atoms with Crippen LogP contribution in [-0.2, 0) is 4.74 Å². The van der Waals surface area contributed by atoms with Crippen LogP contribution in [0.1, 0.15) is 77.6 Å². The summed E-state index contributed by atoms with van der Waals surface area (Å²) in [6.45, 7) is 2.63. The quantitative estimate of drug-likeness (QED) is 0.217. The minimum atomic E-state index is -0.418. The molecule has 0 aliphatic heterocycles. The number of aliphatic hydroxyl groups is 2. The molecule has 0 unspecified atom stereocenters. The number of aliphatic hydroxyl groups excluding tert-OH is 2. The van der Waals surface area contributed by atoms with Gasteiger partial charge >= 0.3 is 0 Å². The summed E-state index contributed by atoms with van der Waals surface area (Å²) in [6.07, 6.45) is 30.1. The van der Waals surface area contributed by atoms with E-state index < -0.39 is 6.10 Å². The summed E-state index contributed by atoms with van der Waals surface area (Å²) in [7, 11) is 0. The molecule has 2 N–H and O–H groups in total. The minimum absolute atomic E-state index is 0.112. The number of hydrogen-bond donors (Lipinski definition) is 2. The predicted molar refractivity (Wildman–Crippen MR) is 117 cm³/mol. The topological polar surface area (TPSA) is 49.7 Å². The van der Waals surface area contributed by atoms with Crippen molar-refractivity contribution in [2.45, 2.75) is 83.7 Å². The zero-order chi connectivity index (χ0) is 19.8. The summed E-state index contributed by atoms with van der Waals surface area (Å²) in [5.74, 6) is 0. The van der Waals surface area contributed by atoms with Crippen LogP contribution in [0.3, 0.4) is 0 Å². The number of ether oxygens (including phenoxy) is 1. The number of rotatable bonds is 19. The van der Waals surface area contributed by atoms with E-state index in [9.17, 15) is 0 Å². The molecule has 3 nitrogen and oxygen atoms in total. The molecule has 0 saturated heterocycles. The van der Waals surface area contributed by atoms with E-state index in [2.05, 4.69) is 55.5 Å². The van der Waals surface area contributed by atoms with Gasteiger partial charge in [-0.2, -0.15) is 0 Å². The summed E-state index contributed by atoms with van der Waals surface area (Å²) < 4.78 is 5.34. The highest BCUT2D eigenvalue weighted by Gasteiger charge is 2.04. The second kappa shape index (κ2) is 22.9. The van der Waals surface area contributed by atoms with Crippen molar-refractivity contribution in [2.75, 3.05) is 19.8 Å². The van der Waals surface area contributed by atoms with Crippen molar-refractivity contribution < 1.29 is 14.9 Å². The van der Waals surface area contributed by atoms with Crippen LogP contribution in [-0.4, -0.2) is 36.1 Å². The second-order valence-electron chi connectivity index (χ2n) is 6.80. The highest BCUT2D eigenvalue weighted by atomic mass is 16.5. The Hall–Kier alpha value is -1.16. The zero-order valence-corrected chi connectivity index (χ0v) is 17.4. The molecule has 0 aliphatic rings. The van der Waals surface area contributed by atoms with Crippen LogP contribution in [0.15, 0.2) is 48.6 Å². The van der Waals surface area contributed by atoms with Crippen LogP contribution in [0, 0.1) is 0 Å². The van der Waals surface area contributed by atoms with Gasteiger partial charge in [0.1, 0.15) is 6.10 Å². The van der Waals surface area contributed by atoms with E-state index in [1.807, 2.05) is 0 Å².